The van der Waals surface area contributed by atoms with Crippen LogP contribution in [0.25, 0.3) is 0 Å². The van der Waals surface area contributed by atoms with Gasteiger partial charge in [-0.1, -0.05) is 24.2 Å². The summed E-state index contributed by atoms with van der Waals surface area (Å²) in [5.41, 5.74) is 0.263. The Morgan fingerprint density at radius 1 is 1.35 bits per heavy atom. The molecule has 0 radical (unpaired) electrons. The van der Waals surface area contributed by atoms with Crippen LogP contribution in [0.4, 0.5) is 5.82 Å². The first-order valence-corrected chi connectivity index (χ1v) is 7.13. The van der Waals surface area contributed by atoms with Crippen LogP contribution < -0.4 is 10.1 Å². The summed E-state index contributed by atoms with van der Waals surface area (Å²) in [6.45, 7) is 3.45. The molecule has 0 saturated carbocycles. The first kappa shape index (κ1) is 16.5. The van der Waals surface area contributed by atoms with E-state index in [1.165, 1.54) is 7.11 Å². The minimum atomic E-state index is -0.940. The second-order valence-electron chi connectivity index (χ2n) is 4.81. The Morgan fingerprint density at radius 2 is 2.09 bits per heavy atom. The fraction of sp³-hybridized carbons (Fsp3) is 0.312. The van der Waals surface area contributed by atoms with E-state index >= 15 is 0 Å². The molecule has 0 aliphatic carbocycles. The van der Waals surface area contributed by atoms with Gasteiger partial charge >= 0.3 is 5.97 Å². The lowest BCUT2D eigenvalue weighted by molar-refractivity contribution is -0.124. The molecule has 1 N–H and O–H groups in total. The van der Waals surface area contributed by atoms with E-state index < -0.39 is 18.0 Å². The highest BCUT2D eigenvalue weighted by Crippen LogP contribution is 2.19. The fourth-order valence-electron chi connectivity index (χ4n) is 1.96. The number of carbonyl (C=O) groups is 2. The average molecular weight is 318 g/mol. The van der Waals surface area contributed by atoms with E-state index in [1.54, 1.807) is 44.2 Å². The summed E-state index contributed by atoms with van der Waals surface area (Å²) in [6.07, 6.45) is -0.617. The number of esters is 1. The highest BCUT2D eigenvalue weighted by molar-refractivity contribution is 5.98. The molecule has 1 heterocycles. The smallest absolute Gasteiger partial charge is 0.342 e. The number of aromatic nitrogens is 1. The number of aryl methyl sites for hydroxylation is 1. The molecule has 7 nitrogen and oxygen atoms in total. The largest absolute Gasteiger partial charge is 0.496 e. The van der Waals surface area contributed by atoms with E-state index in [-0.39, 0.29) is 11.4 Å². The molecule has 0 aliphatic rings. The van der Waals surface area contributed by atoms with Gasteiger partial charge in [0.1, 0.15) is 17.1 Å². The Balaban J connectivity index is 2.06. The molecule has 1 amide bonds. The Bertz CT molecular complexity index is 695. The van der Waals surface area contributed by atoms with Crippen molar-refractivity contribution >= 4 is 17.7 Å². The Morgan fingerprint density at radius 3 is 2.70 bits per heavy atom. The molecule has 2 rings (SSSR count). The van der Waals surface area contributed by atoms with Gasteiger partial charge in [-0.2, -0.15) is 0 Å². The quantitative estimate of drug-likeness (QED) is 0.823. The van der Waals surface area contributed by atoms with E-state index in [2.05, 4.69) is 10.5 Å². The first-order valence-electron chi connectivity index (χ1n) is 7.13. The third kappa shape index (κ3) is 4.09. The van der Waals surface area contributed by atoms with Crippen LogP contribution in [-0.2, 0) is 9.53 Å². The second-order valence-corrected chi connectivity index (χ2v) is 4.81. The van der Waals surface area contributed by atoms with Crippen LogP contribution in [0.5, 0.6) is 5.75 Å². The van der Waals surface area contributed by atoms with Crippen molar-refractivity contribution in [3.63, 3.8) is 0 Å². The predicted molar refractivity (Wildman–Crippen MR) is 82.4 cm³/mol. The molecule has 0 bridgehead atoms. The zero-order valence-electron chi connectivity index (χ0n) is 13.2. The minimum absolute atomic E-state index is 0.263. The molecular formula is C16H18N2O5. The van der Waals surface area contributed by atoms with Gasteiger partial charge in [0.2, 0.25) is 0 Å². The normalized spacial score (nSPS) is 11.6. The number of methoxy groups -OCH3 is 1. The average Bonchev–Trinajstić information content (AvgIpc) is 2.97. The van der Waals surface area contributed by atoms with Gasteiger partial charge in [-0.05, 0) is 25.5 Å². The summed E-state index contributed by atoms with van der Waals surface area (Å²) >= 11 is 0. The van der Waals surface area contributed by atoms with Crippen molar-refractivity contribution in [1.82, 2.24) is 5.16 Å². The Kier molecular flexibility index (Phi) is 5.35. The molecule has 0 aliphatic heterocycles. The lowest BCUT2D eigenvalue weighted by atomic mass is 10.2. The fourth-order valence-corrected chi connectivity index (χ4v) is 1.96. The summed E-state index contributed by atoms with van der Waals surface area (Å²) in [4.78, 5) is 24.4. The van der Waals surface area contributed by atoms with Crippen LogP contribution in [-0.4, -0.2) is 30.2 Å². The zero-order chi connectivity index (χ0) is 16.8. The molecule has 1 aromatic heterocycles. The predicted octanol–water partition coefficient (Wildman–Crippen LogP) is 2.57. The number of nitrogens with zero attached hydrogens (tertiary/aromatic N) is 1. The molecule has 1 aromatic carbocycles. The topological polar surface area (TPSA) is 90.7 Å². The lowest BCUT2D eigenvalue weighted by Gasteiger charge is -2.16. The van der Waals surface area contributed by atoms with E-state index in [0.29, 0.717) is 17.9 Å². The van der Waals surface area contributed by atoms with Gasteiger partial charge in [0, 0.05) is 6.07 Å². The number of nitrogens with one attached hydrogen (secondary N) is 1. The van der Waals surface area contributed by atoms with Crippen molar-refractivity contribution in [3.8, 4) is 5.75 Å². The molecule has 23 heavy (non-hydrogen) atoms. The van der Waals surface area contributed by atoms with Gasteiger partial charge in [-0.15, -0.1) is 0 Å². The summed E-state index contributed by atoms with van der Waals surface area (Å²) in [7, 11) is 1.46. The molecule has 122 valence electrons. The third-order valence-corrected chi connectivity index (χ3v) is 3.12. The van der Waals surface area contributed by atoms with E-state index in [1.807, 2.05) is 0 Å². The number of ether oxygens (including phenoxy) is 2. The number of carbonyl (C=O) groups excluding carboxylic acids is 2. The van der Waals surface area contributed by atoms with Gasteiger partial charge in [0.15, 0.2) is 11.9 Å². The first-order chi connectivity index (χ1) is 11.0. The van der Waals surface area contributed by atoms with Gasteiger partial charge in [0.25, 0.3) is 5.91 Å². The highest BCUT2D eigenvalue weighted by atomic mass is 16.5. The summed E-state index contributed by atoms with van der Waals surface area (Å²) < 4.78 is 15.3. The number of hydrogen-bond donors (Lipinski definition) is 1. The lowest BCUT2D eigenvalue weighted by Crippen LogP contribution is -2.32. The van der Waals surface area contributed by atoms with Crippen molar-refractivity contribution in [2.45, 2.75) is 26.4 Å². The van der Waals surface area contributed by atoms with Crippen LogP contribution in [0.3, 0.4) is 0 Å². The standard InChI is InChI=1S/C16H18N2O5/c1-4-12(15(19)17-14-9-10(2)23-18-14)22-16(20)11-7-5-6-8-13(11)21-3/h5-9,12H,4H2,1-3H3,(H,17,18,19)/t12-/m1/s1. The second kappa shape index (κ2) is 7.44. The number of benzene rings is 1. The van der Waals surface area contributed by atoms with E-state index in [0.717, 1.165) is 0 Å². The third-order valence-electron chi connectivity index (χ3n) is 3.12. The van der Waals surface area contributed by atoms with Crippen molar-refractivity contribution in [2.75, 3.05) is 12.4 Å². The van der Waals surface area contributed by atoms with Gasteiger partial charge in [0.05, 0.1) is 7.11 Å². The molecule has 7 heteroatoms. The molecule has 0 spiro atoms. The number of rotatable bonds is 6. The van der Waals surface area contributed by atoms with E-state index in [9.17, 15) is 9.59 Å². The van der Waals surface area contributed by atoms with Crippen molar-refractivity contribution < 1.29 is 23.6 Å². The van der Waals surface area contributed by atoms with Crippen molar-refractivity contribution in [1.29, 1.82) is 0 Å². The molecule has 0 saturated heterocycles. The Labute approximate surface area is 133 Å². The number of hydrogen-bond acceptors (Lipinski definition) is 6. The molecule has 2 aromatic rings. The number of anilines is 1. The van der Waals surface area contributed by atoms with Crippen LogP contribution >= 0.6 is 0 Å². The maximum absolute atomic E-state index is 12.2. The van der Waals surface area contributed by atoms with Gasteiger partial charge in [-0.25, -0.2) is 4.79 Å². The molecule has 0 fully saturated rings. The summed E-state index contributed by atoms with van der Waals surface area (Å²) in [6, 6.07) is 8.24. The number of amides is 1. The van der Waals surface area contributed by atoms with Crippen molar-refractivity contribution in [2.24, 2.45) is 0 Å². The SMILES string of the molecule is CC[C@@H](OC(=O)c1ccccc1OC)C(=O)Nc1cc(C)on1. The summed E-state index contributed by atoms with van der Waals surface area (Å²) in [5.74, 6) is 0.142. The number of para-hydroxylation sites is 1. The van der Waals surface area contributed by atoms with E-state index in [4.69, 9.17) is 14.0 Å². The Hall–Kier alpha value is -2.83. The highest BCUT2D eigenvalue weighted by Gasteiger charge is 2.24. The van der Waals surface area contributed by atoms with Crippen molar-refractivity contribution in [3.05, 3.63) is 41.7 Å². The van der Waals surface area contributed by atoms with Gasteiger partial charge < -0.3 is 19.3 Å². The monoisotopic (exact) mass is 318 g/mol. The minimum Gasteiger partial charge on any atom is -0.496 e. The molecule has 0 unspecified atom stereocenters. The molecule has 1 atom stereocenters. The van der Waals surface area contributed by atoms with Gasteiger partial charge in [-0.3, -0.25) is 4.79 Å². The molecular weight excluding hydrogens is 300 g/mol. The van der Waals surface area contributed by atoms with Crippen LogP contribution in [0.1, 0.15) is 29.5 Å². The van der Waals surface area contributed by atoms with Crippen LogP contribution in [0.2, 0.25) is 0 Å². The van der Waals surface area contributed by atoms with Crippen LogP contribution in [0, 0.1) is 6.92 Å². The summed E-state index contributed by atoms with van der Waals surface area (Å²) in [5, 5.41) is 6.22. The maximum atomic E-state index is 12.2. The zero-order valence-corrected chi connectivity index (χ0v) is 13.2. The van der Waals surface area contributed by atoms with Crippen LogP contribution in [0.15, 0.2) is 34.9 Å². The maximum Gasteiger partial charge on any atom is 0.342 e.